The lowest BCUT2D eigenvalue weighted by Crippen LogP contribution is -2.02. The first-order valence-electron chi connectivity index (χ1n) is 2.91. The van der Waals surface area contributed by atoms with Crippen LogP contribution in [0.15, 0.2) is 18.5 Å². The van der Waals surface area contributed by atoms with E-state index in [1.165, 1.54) is 0 Å². The van der Waals surface area contributed by atoms with Gasteiger partial charge in [-0.05, 0) is 6.07 Å². The smallest absolute Gasteiger partial charge is 0.316 e. The molecule has 1 aromatic rings. The molecule has 1 heterocycles. The van der Waals surface area contributed by atoms with Gasteiger partial charge in [0.05, 0.1) is 0 Å². The molecule has 53 valence electrons. The van der Waals surface area contributed by atoms with Gasteiger partial charge in [-0.25, -0.2) is 15.1 Å². The normalized spacial score (nSPS) is 9.30. The Labute approximate surface area is 58.5 Å². The predicted molar refractivity (Wildman–Crippen MR) is 33.1 cm³/mol. The highest BCUT2D eigenvalue weighted by Crippen LogP contribution is 1.95. The third kappa shape index (κ3) is 1.99. The van der Waals surface area contributed by atoms with E-state index in [4.69, 9.17) is 4.74 Å². The molecule has 4 heteroatoms. The van der Waals surface area contributed by atoms with Crippen LogP contribution in [0.1, 0.15) is 0 Å². The summed E-state index contributed by atoms with van der Waals surface area (Å²) in [5.74, 6) is 0. The van der Waals surface area contributed by atoms with E-state index in [0.29, 0.717) is 0 Å². The fourth-order valence-electron chi connectivity index (χ4n) is 0.493. The lowest BCUT2D eigenvalue weighted by Gasteiger charge is -1.97. The molecule has 0 saturated heterocycles. The molecule has 1 rings (SSSR count). The van der Waals surface area contributed by atoms with Crippen LogP contribution in [-0.4, -0.2) is 23.2 Å². The van der Waals surface area contributed by atoms with Crippen LogP contribution in [0.4, 0.5) is 0 Å². The van der Waals surface area contributed by atoms with Crippen LogP contribution in [0.5, 0.6) is 6.01 Å². The Balaban J connectivity index is 2.43. The zero-order valence-corrected chi connectivity index (χ0v) is 5.36. The summed E-state index contributed by atoms with van der Waals surface area (Å²) in [6.07, 6.45) is 3.13. The van der Waals surface area contributed by atoms with E-state index >= 15 is 0 Å². The molecule has 1 aromatic heterocycles. The fraction of sp³-hybridized carbons (Fsp3) is 0.333. The maximum Gasteiger partial charge on any atom is 0.316 e. The third-order valence-corrected chi connectivity index (χ3v) is 0.857. The molecule has 0 fully saturated rings. The topological polar surface area (TPSA) is 54.9 Å². The molecule has 0 aliphatic carbocycles. The van der Waals surface area contributed by atoms with Gasteiger partial charge in [-0.15, -0.1) is 0 Å². The van der Waals surface area contributed by atoms with Crippen LogP contribution in [0, 0.1) is 0 Å². The van der Waals surface area contributed by atoms with Gasteiger partial charge < -0.3 is 4.74 Å². The summed E-state index contributed by atoms with van der Waals surface area (Å²) in [4.78, 5) is 7.49. The van der Waals surface area contributed by atoms with Crippen molar-refractivity contribution in [2.45, 2.75) is 0 Å². The Kier molecular flexibility index (Phi) is 2.63. The summed E-state index contributed by atoms with van der Waals surface area (Å²) >= 11 is 0. The van der Waals surface area contributed by atoms with Crippen molar-refractivity contribution in [2.75, 3.05) is 13.2 Å². The second-order valence-corrected chi connectivity index (χ2v) is 1.58. The first-order valence-corrected chi connectivity index (χ1v) is 2.91. The minimum absolute atomic E-state index is 0.129. The highest BCUT2D eigenvalue weighted by molar-refractivity contribution is 4.92. The van der Waals surface area contributed by atoms with Gasteiger partial charge in [0.1, 0.15) is 13.2 Å². The molecule has 0 saturated carbocycles. The first-order chi connectivity index (χ1) is 4.93. The molecule has 0 aliphatic rings. The first kappa shape index (κ1) is 6.95. The number of hydrogen-bond acceptors (Lipinski definition) is 3. The van der Waals surface area contributed by atoms with E-state index in [-0.39, 0.29) is 19.2 Å². The van der Waals surface area contributed by atoms with Crippen molar-refractivity contribution in [1.82, 2.24) is 9.97 Å². The van der Waals surface area contributed by atoms with Crippen LogP contribution >= 0.6 is 0 Å². The minimum Gasteiger partial charge on any atom is -0.461 e. The van der Waals surface area contributed by atoms with Crippen molar-refractivity contribution in [3.05, 3.63) is 18.5 Å². The maximum absolute atomic E-state index is 9.92. The quantitative estimate of drug-likeness (QED) is 0.604. The van der Waals surface area contributed by atoms with E-state index in [2.05, 4.69) is 9.97 Å². The molecule has 0 unspecified atom stereocenters. The van der Waals surface area contributed by atoms with Gasteiger partial charge in [0.25, 0.3) is 0 Å². The number of ether oxygens (including phenoxy) is 1. The summed E-state index contributed by atoms with van der Waals surface area (Å²) in [5.41, 5.74) is 0. The number of hydrogen-bond donors (Lipinski definition) is 0. The minimum atomic E-state index is -0.266. The second kappa shape index (κ2) is 3.79. The highest BCUT2D eigenvalue weighted by atomic mass is 16.5. The van der Waals surface area contributed by atoms with Crippen molar-refractivity contribution < 1.29 is 9.84 Å². The monoisotopic (exact) mass is 139 g/mol. The van der Waals surface area contributed by atoms with Crippen molar-refractivity contribution in [2.24, 2.45) is 0 Å². The van der Waals surface area contributed by atoms with Gasteiger partial charge in [-0.2, -0.15) is 0 Å². The molecule has 0 bridgehead atoms. The maximum atomic E-state index is 9.92. The molecule has 1 radical (unpaired) electrons. The average molecular weight is 139 g/mol. The SMILES string of the molecule is [O]CCOc1ncccn1. The Morgan fingerprint density at radius 2 is 2.10 bits per heavy atom. The fourth-order valence-corrected chi connectivity index (χ4v) is 0.493. The molecule has 0 amide bonds. The lowest BCUT2D eigenvalue weighted by atomic mass is 10.7. The number of rotatable bonds is 3. The molecule has 0 atom stereocenters. The molecule has 0 N–H and O–H groups in total. The van der Waals surface area contributed by atoms with Crippen molar-refractivity contribution >= 4 is 0 Å². The van der Waals surface area contributed by atoms with Gasteiger partial charge in [0.2, 0.25) is 0 Å². The third-order valence-electron chi connectivity index (χ3n) is 0.857. The summed E-state index contributed by atoms with van der Waals surface area (Å²) in [6, 6.07) is 1.95. The van der Waals surface area contributed by atoms with Crippen LogP contribution in [0.25, 0.3) is 0 Å². The van der Waals surface area contributed by atoms with Crippen LogP contribution in [0.2, 0.25) is 0 Å². The van der Waals surface area contributed by atoms with Crippen LogP contribution in [-0.2, 0) is 5.11 Å². The lowest BCUT2D eigenvalue weighted by molar-refractivity contribution is 0.132. The summed E-state index contributed by atoms with van der Waals surface area (Å²) < 4.78 is 4.82. The summed E-state index contributed by atoms with van der Waals surface area (Å²) in [5, 5.41) is 9.92. The van der Waals surface area contributed by atoms with E-state index in [0.717, 1.165) is 0 Å². The highest BCUT2D eigenvalue weighted by Gasteiger charge is 1.91. The molecule has 0 spiro atoms. The van der Waals surface area contributed by atoms with Crippen molar-refractivity contribution in [1.29, 1.82) is 0 Å². The van der Waals surface area contributed by atoms with Crippen LogP contribution in [0.3, 0.4) is 0 Å². The molecule has 0 aliphatic heterocycles. The zero-order valence-electron chi connectivity index (χ0n) is 5.36. The number of nitrogens with zero attached hydrogens (tertiary/aromatic N) is 2. The Bertz CT molecular complexity index is 178. The Morgan fingerprint density at radius 1 is 1.40 bits per heavy atom. The zero-order chi connectivity index (χ0) is 7.23. The van der Waals surface area contributed by atoms with E-state index < -0.39 is 0 Å². The van der Waals surface area contributed by atoms with Crippen molar-refractivity contribution in [3.8, 4) is 6.01 Å². The Hall–Kier alpha value is -1.16. The average Bonchev–Trinajstić information content (AvgIpc) is 2.03. The van der Waals surface area contributed by atoms with Gasteiger partial charge in [-0.1, -0.05) is 0 Å². The standard InChI is InChI=1S/C6H7N2O2/c9-4-5-10-6-7-2-1-3-8-6/h1-3H,4-5H2. The Morgan fingerprint density at radius 3 is 2.70 bits per heavy atom. The van der Waals surface area contributed by atoms with Gasteiger partial charge in [0.15, 0.2) is 0 Å². The van der Waals surface area contributed by atoms with E-state index in [9.17, 15) is 5.11 Å². The van der Waals surface area contributed by atoms with Gasteiger partial charge >= 0.3 is 6.01 Å². The van der Waals surface area contributed by atoms with E-state index in [1.807, 2.05) is 0 Å². The van der Waals surface area contributed by atoms with Gasteiger partial charge in [0, 0.05) is 12.4 Å². The van der Waals surface area contributed by atoms with Crippen LogP contribution < -0.4 is 4.74 Å². The molecule has 4 nitrogen and oxygen atoms in total. The second-order valence-electron chi connectivity index (χ2n) is 1.58. The largest absolute Gasteiger partial charge is 0.461 e. The molecular weight excluding hydrogens is 132 g/mol. The summed E-state index contributed by atoms with van der Waals surface area (Å²) in [6.45, 7) is -0.137. The van der Waals surface area contributed by atoms with Crippen molar-refractivity contribution in [3.63, 3.8) is 0 Å². The predicted octanol–water partition coefficient (Wildman–Crippen LogP) is 0.286. The van der Waals surface area contributed by atoms with E-state index in [1.54, 1.807) is 18.5 Å². The molecule has 10 heavy (non-hydrogen) atoms. The number of aromatic nitrogens is 2. The van der Waals surface area contributed by atoms with Gasteiger partial charge in [-0.3, -0.25) is 0 Å². The molecular formula is C6H7N2O2. The summed E-state index contributed by atoms with van der Waals surface area (Å²) in [7, 11) is 0. The molecule has 0 aromatic carbocycles.